The van der Waals surface area contributed by atoms with Crippen molar-refractivity contribution in [3.05, 3.63) is 0 Å². The molecule has 4 atom stereocenters. The van der Waals surface area contributed by atoms with E-state index >= 15 is 0 Å². The topological polar surface area (TPSA) is 281 Å². The molecule has 1 fully saturated rings. The predicted octanol–water partition coefficient (Wildman–Crippen LogP) is -3.64. The molecular weight excluding hydrogens is 470 g/mol. The van der Waals surface area contributed by atoms with Gasteiger partial charge in [-0.25, -0.2) is 4.79 Å². The SMILES string of the molecule is NC(N)=NCCCC(NC(=O)C(N)CC(=O)O)C(=O)NC(CC(=O)O)C(=O)N1CCCC1C(=O)O. The lowest BCUT2D eigenvalue weighted by Gasteiger charge is -2.28. The number of likely N-dealkylation sites (tertiary alicyclic amines) is 1. The molecule has 16 nitrogen and oxygen atoms in total. The van der Waals surface area contributed by atoms with Gasteiger partial charge in [-0.1, -0.05) is 0 Å². The molecule has 0 radical (unpaired) electrons. The van der Waals surface area contributed by atoms with Crippen molar-refractivity contribution in [2.24, 2.45) is 22.2 Å². The highest BCUT2D eigenvalue weighted by Gasteiger charge is 2.39. The average molecular weight is 501 g/mol. The number of nitrogens with two attached hydrogens (primary N) is 3. The molecule has 16 heteroatoms. The zero-order valence-corrected chi connectivity index (χ0v) is 18.9. The summed E-state index contributed by atoms with van der Waals surface area (Å²) in [6.07, 6.45) is -0.861. The maximum Gasteiger partial charge on any atom is 0.326 e. The van der Waals surface area contributed by atoms with Crippen molar-refractivity contribution in [1.82, 2.24) is 15.5 Å². The summed E-state index contributed by atoms with van der Waals surface area (Å²) in [5, 5.41) is 31.9. The van der Waals surface area contributed by atoms with Crippen molar-refractivity contribution in [3.8, 4) is 0 Å². The van der Waals surface area contributed by atoms with Crippen molar-refractivity contribution in [3.63, 3.8) is 0 Å². The van der Waals surface area contributed by atoms with Gasteiger partial charge >= 0.3 is 17.9 Å². The molecule has 196 valence electrons. The lowest BCUT2D eigenvalue weighted by atomic mass is 10.1. The van der Waals surface area contributed by atoms with Crippen molar-refractivity contribution in [1.29, 1.82) is 0 Å². The zero-order chi connectivity index (χ0) is 26.7. The molecule has 1 saturated heterocycles. The van der Waals surface area contributed by atoms with Crippen LogP contribution in [0.2, 0.25) is 0 Å². The summed E-state index contributed by atoms with van der Waals surface area (Å²) >= 11 is 0. The fourth-order valence-electron chi connectivity index (χ4n) is 3.47. The quantitative estimate of drug-likeness (QED) is 0.0650. The van der Waals surface area contributed by atoms with Gasteiger partial charge in [0, 0.05) is 13.1 Å². The van der Waals surface area contributed by atoms with Crippen molar-refractivity contribution < 1.29 is 44.1 Å². The van der Waals surface area contributed by atoms with Gasteiger partial charge in [0.2, 0.25) is 17.7 Å². The minimum Gasteiger partial charge on any atom is -0.481 e. The van der Waals surface area contributed by atoms with E-state index in [1.54, 1.807) is 0 Å². The average Bonchev–Trinajstić information content (AvgIpc) is 3.23. The number of aliphatic imine (C=N–C) groups is 1. The highest BCUT2D eigenvalue weighted by molar-refractivity contribution is 5.96. The van der Waals surface area contributed by atoms with E-state index in [0.29, 0.717) is 6.42 Å². The molecule has 1 rings (SSSR count). The number of carboxylic acids is 3. The van der Waals surface area contributed by atoms with Crippen LogP contribution in [0.25, 0.3) is 0 Å². The van der Waals surface area contributed by atoms with Crippen LogP contribution in [-0.2, 0) is 28.8 Å². The minimum absolute atomic E-state index is 0.0659. The Morgan fingerprint density at radius 2 is 1.54 bits per heavy atom. The van der Waals surface area contributed by atoms with Gasteiger partial charge in [-0.05, 0) is 25.7 Å². The van der Waals surface area contributed by atoms with E-state index in [1.165, 1.54) is 0 Å². The maximum atomic E-state index is 12.9. The van der Waals surface area contributed by atoms with E-state index in [0.717, 1.165) is 4.90 Å². The number of carbonyl (C=O) groups is 6. The fraction of sp³-hybridized carbons (Fsp3) is 0.632. The van der Waals surface area contributed by atoms with Gasteiger partial charge in [-0.15, -0.1) is 0 Å². The van der Waals surface area contributed by atoms with Crippen LogP contribution in [-0.4, -0.2) is 99.1 Å². The van der Waals surface area contributed by atoms with E-state index < -0.39 is 72.6 Å². The van der Waals surface area contributed by atoms with E-state index in [2.05, 4.69) is 15.6 Å². The summed E-state index contributed by atoms with van der Waals surface area (Å²) in [7, 11) is 0. The van der Waals surface area contributed by atoms with Crippen molar-refractivity contribution >= 4 is 41.6 Å². The normalized spacial score (nSPS) is 17.5. The van der Waals surface area contributed by atoms with Crippen LogP contribution >= 0.6 is 0 Å². The predicted molar refractivity (Wildman–Crippen MR) is 119 cm³/mol. The Labute approximate surface area is 199 Å². The Morgan fingerprint density at radius 1 is 0.943 bits per heavy atom. The summed E-state index contributed by atoms with van der Waals surface area (Å²) < 4.78 is 0. The Bertz CT molecular complexity index is 860. The molecule has 1 aliphatic rings. The number of carboxylic acid groups (broad SMARTS) is 3. The Morgan fingerprint density at radius 3 is 2.09 bits per heavy atom. The summed E-state index contributed by atoms with van der Waals surface area (Å²) in [6.45, 7) is 0.152. The van der Waals surface area contributed by atoms with Gasteiger partial charge in [-0.2, -0.15) is 0 Å². The number of aliphatic carboxylic acids is 3. The molecule has 0 aromatic rings. The van der Waals surface area contributed by atoms with Crippen LogP contribution in [0, 0.1) is 0 Å². The van der Waals surface area contributed by atoms with Crippen LogP contribution < -0.4 is 27.8 Å². The third-order valence-electron chi connectivity index (χ3n) is 5.12. The molecule has 1 heterocycles. The van der Waals surface area contributed by atoms with Crippen LogP contribution in [0.4, 0.5) is 0 Å². The molecular formula is C19H31N7O9. The van der Waals surface area contributed by atoms with Crippen molar-refractivity contribution in [2.45, 2.75) is 62.7 Å². The van der Waals surface area contributed by atoms with Gasteiger partial charge in [0.25, 0.3) is 0 Å². The molecule has 35 heavy (non-hydrogen) atoms. The summed E-state index contributed by atoms with van der Waals surface area (Å²) in [5.74, 6) is -7.02. The Hall–Kier alpha value is -3.95. The first-order valence-electron chi connectivity index (χ1n) is 10.7. The second-order valence-electron chi connectivity index (χ2n) is 7.90. The molecule has 3 amide bonds. The second kappa shape index (κ2) is 13.7. The number of nitrogens with one attached hydrogen (secondary N) is 2. The molecule has 1 aliphatic heterocycles. The smallest absolute Gasteiger partial charge is 0.326 e. The number of amides is 3. The molecule has 0 aromatic heterocycles. The highest BCUT2D eigenvalue weighted by Crippen LogP contribution is 2.19. The number of hydrogen-bond acceptors (Lipinski definition) is 8. The van der Waals surface area contributed by atoms with E-state index in [1.807, 2.05) is 0 Å². The second-order valence-corrected chi connectivity index (χ2v) is 7.90. The lowest BCUT2D eigenvalue weighted by molar-refractivity contribution is -0.150. The van der Waals surface area contributed by atoms with Crippen LogP contribution in [0.1, 0.15) is 38.5 Å². The summed E-state index contributed by atoms with van der Waals surface area (Å²) in [6, 6.07) is -5.57. The van der Waals surface area contributed by atoms with Crippen molar-refractivity contribution in [2.75, 3.05) is 13.1 Å². The number of carbonyl (C=O) groups excluding carboxylic acids is 3. The van der Waals surface area contributed by atoms with Crippen LogP contribution in [0.5, 0.6) is 0 Å². The summed E-state index contributed by atoms with van der Waals surface area (Å²) in [4.78, 5) is 76.4. The number of rotatable bonds is 14. The van der Waals surface area contributed by atoms with Gasteiger partial charge < -0.3 is 48.1 Å². The number of guanidine groups is 1. The Balaban J connectivity index is 3.04. The van der Waals surface area contributed by atoms with Gasteiger partial charge in [0.05, 0.1) is 18.9 Å². The first-order valence-corrected chi connectivity index (χ1v) is 10.7. The molecule has 0 aromatic carbocycles. The zero-order valence-electron chi connectivity index (χ0n) is 18.9. The van der Waals surface area contributed by atoms with Crippen LogP contribution in [0.15, 0.2) is 4.99 Å². The first kappa shape index (κ1) is 29.1. The molecule has 0 bridgehead atoms. The third-order valence-corrected chi connectivity index (χ3v) is 5.12. The standard InChI is InChI=1S/C19H31N7O9/c20-9(7-13(27)28)15(31)24-10(3-1-5-23-19(21)22)16(32)25-11(8-14(29)30)17(33)26-6-2-4-12(26)18(34)35/h9-12H,1-8,20H2,(H,24,31)(H,25,32)(H,27,28)(H,29,30)(H,34,35)(H4,21,22,23). The highest BCUT2D eigenvalue weighted by atomic mass is 16.4. The Kier molecular flexibility index (Phi) is 11.4. The van der Waals surface area contributed by atoms with Gasteiger partial charge in [-0.3, -0.25) is 29.0 Å². The molecule has 11 N–H and O–H groups in total. The van der Waals surface area contributed by atoms with E-state index in [4.69, 9.17) is 22.3 Å². The molecule has 0 saturated carbocycles. The monoisotopic (exact) mass is 501 g/mol. The largest absolute Gasteiger partial charge is 0.481 e. The fourth-order valence-corrected chi connectivity index (χ4v) is 3.47. The van der Waals surface area contributed by atoms with E-state index in [9.17, 15) is 39.0 Å². The van der Waals surface area contributed by atoms with Crippen LogP contribution in [0.3, 0.4) is 0 Å². The third kappa shape index (κ3) is 9.83. The van der Waals surface area contributed by atoms with E-state index in [-0.39, 0.29) is 38.3 Å². The lowest BCUT2D eigenvalue weighted by Crippen LogP contribution is -2.57. The molecule has 0 aliphatic carbocycles. The van der Waals surface area contributed by atoms with Gasteiger partial charge in [0.15, 0.2) is 5.96 Å². The first-order chi connectivity index (χ1) is 16.3. The number of hydrogen-bond donors (Lipinski definition) is 8. The minimum atomic E-state index is -1.61. The maximum absolute atomic E-state index is 12.9. The van der Waals surface area contributed by atoms with Gasteiger partial charge in [0.1, 0.15) is 18.1 Å². The molecule has 0 spiro atoms. The molecule has 4 unspecified atom stereocenters. The summed E-state index contributed by atoms with van der Waals surface area (Å²) in [5.41, 5.74) is 16.0. The number of nitrogens with zero attached hydrogens (tertiary/aromatic N) is 2.